The number of rotatable bonds is 3. The van der Waals surface area contributed by atoms with Gasteiger partial charge < -0.3 is 15.3 Å². The zero-order chi connectivity index (χ0) is 10.7. The lowest BCUT2D eigenvalue weighted by atomic mass is 9.98. The summed E-state index contributed by atoms with van der Waals surface area (Å²) in [6, 6.07) is 5.82. The van der Waals surface area contributed by atoms with Gasteiger partial charge in [0.05, 0.1) is 12.0 Å². The lowest BCUT2D eigenvalue weighted by Crippen LogP contribution is -2.18. The Kier molecular flexibility index (Phi) is 3.09. The highest BCUT2D eigenvalue weighted by molar-refractivity contribution is 5.70. The fraction of sp³-hybridized carbons (Fsp3) is 0.300. The molecule has 1 aromatic carbocycles. The molecule has 14 heavy (non-hydrogen) atoms. The van der Waals surface area contributed by atoms with Crippen LogP contribution in [-0.2, 0) is 4.79 Å². The summed E-state index contributed by atoms with van der Waals surface area (Å²) in [6.07, 6.45) is -1.05. The Morgan fingerprint density at radius 2 is 1.79 bits per heavy atom. The van der Waals surface area contributed by atoms with E-state index in [0.717, 1.165) is 0 Å². The molecule has 2 unspecified atom stereocenters. The van der Waals surface area contributed by atoms with E-state index in [1.54, 1.807) is 0 Å². The molecular formula is C10H12O4. The zero-order valence-corrected chi connectivity index (χ0v) is 7.71. The van der Waals surface area contributed by atoms with E-state index in [1.165, 1.54) is 31.2 Å². The van der Waals surface area contributed by atoms with Crippen LogP contribution in [0.2, 0.25) is 0 Å². The maximum absolute atomic E-state index is 10.6. The third-order valence-corrected chi connectivity index (χ3v) is 2.10. The molecule has 3 N–H and O–H groups in total. The number of aromatic hydroxyl groups is 1. The van der Waals surface area contributed by atoms with Crippen molar-refractivity contribution in [3.8, 4) is 5.75 Å². The van der Waals surface area contributed by atoms with Gasteiger partial charge in [0, 0.05) is 0 Å². The Hall–Kier alpha value is -1.55. The summed E-state index contributed by atoms with van der Waals surface area (Å²) in [5.41, 5.74) is 0.484. The minimum absolute atomic E-state index is 0.0870. The van der Waals surface area contributed by atoms with Crippen LogP contribution in [0, 0.1) is 5.92 Å². The molecule has 0 saturated heterocycles. The second-order valence-corrected chi connectivity index (χ2v) is 3.16. The Bertz CT molecular complexity index is 317. The predicted molar refractivity (Wildman–Crippen MR) is 49.9 cm³/mol. The third kappa shape index (κ3) is 2.23. The summed E-state index contributed by atoms with van der Waals surface area (Å²) in [7, 11) is 0. The molecule has 4 nitrogen and oxygen atoms in total. The number of hydrogen-bond donors (Lipinski definition) is 3. The Morgan fingerprint density at radius 1 is 1.29 bits per heavy atom. The Labute approximate surface area is 81.4 Å². The molecule has 0 spiro atoms. The highest BCUT2D eigenvalue weighted by atomic mass is 16.4. The van der Waals surface area contributed by atoms with Crippen molar-refractivity contribution in [3.05, 3.63) is 29.8 Å². The van der Waals surface area contributed by atoms with E-state index in [9.17, 15) is 9.90 Å². The fourth-order valence-corrected chi connectivity index (χ4v) is 1.10. The summed E-state index contributed by atoms with van der Waals surface area (Å²) in [5, 5.41) is 27.2. The first-order chi connectivity index (χ1) is 6.52. The first-order valence-electron chi connectivity index (χ1n) is 4.22. The molecule has 1 aromatic rings. The third-order valence-electron chi connectivity index (χ3n) is 2.10. The molecule has 0 aliphatic carbocycles. The molecule has 0 amide bonds. The summed E-state index contributed by atoms with van der Waals surface area (Å²) >= 11 is 0. The van der Waals surface area contributed by atoms with Crippen molar-refractivity contribution in [2.24, 2.45) is 5.92 Å². The highest BCUT2D eigenvalue weighted by Gasteiger charge is 2.22. The van der Waals surface area contributed by atoms with Crippen LogP contribution in [-0.4, -0.2) is 21.3 Å². The number of carbonyl (C=O) groups is 1. The maximum Gasteiger partial charge on any atom is 0.309 e. The standard InChI is InChI=1S/C10H12O4/c1-6(10(13)14)9(12)7-2-4-8(11)5-3-7/h2-6,9,11-12H,1H3,(H,13,14). The largest absolute Gasteiger partial charge is 0.508 e. The second-order valence-electron chi connectivity index (χ2n) is 3.16. The van der Waals surface area contributed by atoms with Gasteiger partial charge >= 0.3 is 5.97 Å². The minimum Gasteiger partial charge on any atom is -0.508 e. The molecule has 4 heteroatoms. The van der Waals surface area contributed by atoms with Crippen LogP contribution in [0.15, 0.2) is 24.3 Å². The van der Waals surface area contributed by atoms with E-state index < -0.39 is 18.0 Å². The molecule has 0 saturated carbocycles. The molecule has 0 aliphatic rings. The van der Waals surface area contributed by atoms with Gasteiger partial charge in [-0.2, -0.15) is 0 Å². The average Bonchev–Trinajstić information content (AvgIpc) is 2.16. The van der Waals surface area contributed by atoms with Crippen molar-refractivity contribution in [2.45, 2.75) is 13.0 Å². The van der Waals surface area contributed by atoms with Gasteiger partial charge in [-0.05, 0) is 24.6 Å². The Balaban J connectivity index is 2.84. The van der Waals surface area contributed by atoms with Crippen LogP contribution in [0.5, 0.6) is 5.75 Å². The van der Waals surface area contributed by atoms with Crippen LogP contribution < -0.4 is 0 Å². The average molecular weight is 196 g/mol. The van der Waals surface area contributed by atoms with Crippen molar-refractivity contribution in [3.63, 3.8) is 0 Å². The molecule has 1 rings (SSSR count). The number of carboxylic acids is 1. The molecular weight excluding hydrogens is 184 g/mol. The molecule has 0 heterocycles. The zero-order valence-electron chi connectivity index (χ0n) is 7.71. The maximum atomic E-state index is 10.6. The lowest BCUT2D eigenvalue weighted by Gasteiger charge is -2.14. The first kappa shape index (κ1) is 10.5. The molecule has 2 atom stereocenters. The van der Waals surface area contributed by atoms with Gasteiger partial charge in [0.25, 0.3) is 0 Å². The summed E-state index contributed by atoms with van der Waals surface area (Å²) in [6.45, 7) is 1.43. The van der Waals surface area contributed by atoms with E-state index in [4.69, 9.17) is 10.2 Å². The van der Waals surface area contributed by atoms with Gasteiger partial charge in [0.15, 0.2) is 0 Å². The van der Waals surface area contributed by atoms with E-state index >= 15 is 0 Å². The summed E-state index contributed by atoms with van der Waals surface area (Å²) in [4.78, 5) is 10.6. The quantitative estimate of drug-likeness (QED) is 0.677. The monoisotopic (exact) mass is 196 g/mol. The van der Waals surface area contributed by atoms with E-state index in [2.05, 4.69) is 0 Å². The van der Waals surface area contributed by atoms with Gasteiger partial charge in [-0.25, -0.2) is 0 Å². The van der Waals surface area contributed by atoms with Gasteiger partial charge in [-0.1, -0.05) is 12.1 Å². The van der Waals surface area contributed by atoms with E-state index in [0.29, 0.717) is 5.56 Å². The number of phenolic OH excluding ortho intramolecular Hbond substituents is 1. The number of aliphatic hydroxyl groups excluding tert-OH is 1. The molecule has 0 bridgehead atoms. The van der Waals surface area contributed by atoms with Crippen LogP contribution in [0.25, 0.3) is 0 Å². The lowest BCUT2D eigenvalue weighted by molar-refractivity contribution is -0.145. The highest BCUT2D eigenvalue weighted by Crippen LogP contribution is 2.23. The van der Waals surface area contributed by atoms with Gasteiger partial charge in [-0.15, -0.1) is 0 Å². The number of aliphatic carboxylic acids is 1. The normalized spacial score (nSPS) is 14.7. The van der Waals surface area contributed by atoms with Crippen LogP contribution in [0.1, 0.15) is 18.6 Å². The van der Waals surface area contributed by atoms with E-state index in [-0.39, 0.29) is 5.75 Å². The number of phenols is 1. The minimum atomic E-state index is -1.05. The van der Waals surface area contributed by atoms with Crippen molar-refractivity contribution in [1.82, 2.24) is 0 Å². The van der Waals surface area contributed by atoms with Crippen molar-refractivity contribution in [2.75, 3.05) is 0 Å². The van der Waals surface area contributed by atoms with Crippen LogP contribution in [0.4, 0.5) is 0 Å². The van der Waals surface area contributed by atoms with Gasteiger partial charge in [0.2, 0.25) is 0 Å². The SMILES string of the molecule is CC(C(=O)O)C(O)c1ccc(O)cc1. The van der Waals surface area contributed by atoms with Crippen molar-refractivity contribution < 1.29 is 20.1 Å². The number of hydrogen-bond acceptors (Lipinski definition) is 3. The van der Waals surface area contributed by atoms with Crippen LogP contribution >= 0.6 is 0 Å². The van der Waals surface area contributed by atoms with Gasteiger partial charge in [-0.3, -0.25) is 4.79 Å². The number of benzene rings is 1. The Morgan fingerprint density at radius 3 is 2.21 bits per heavy atom. The fourth-order valence-electron chi connectivity index (χ4n) is 1.10. The summed E-state index contributed by atoms with van der Waals surface area (Å²) < 4.78 is 0. The molecule has 0 aliphatic heterocycles. The predicted octanol–water partition coefficient (Wildman–Crippen LogP) is 1.15. The number of aliphatic hydroxyl groups is 1. The van der Waals surface area contributed by atoms with Gasteiger partial charge in [0.1, 0.15) is 5.75 Å². The van der Waals surface area contributed by atoms with E-state index in [1.807, 2.05) is 0 Å². The molecule has 76 valence electrons. The van der Waals surface area contributed by atoms with Crippen molar-refractivity contribution in [1.29, 1.82) is 0 Å². The smallest absolute Gasteiger partial charge is 0.309 e. The first-order valence-corrected chi connectivity index (χ1v) is 4.22. The topological polar surface area (TPSA) is 77.8 Å². The number of carboxylic acid groups (broad SMARTS) is 1. The second kappa shape index (κ2) is 4.11. The molecule has 0 aromatic heterocycles. The molecule has 0 fully saturated rings. The summed E-state index contributed by atoms with van der Waals surface area (Å²) in [5.74, 6) is -1.82. The van der Waals surface area contributed by atoms with Crippen molar-refractivity contribution >= 4 is 5.97 Å². The molecule has 0 radical (unpaired) electrons. The van der Waals surface area contributed by atoms with Crippen LogP contribution in [0.3, 0.4) is 0 Å².